The maximum absolute atomic E-state index is 3.62. The van der Waals surface area contributed by atoms with Crippen molar-refractivity contribution in [3.8, 4) is 0 Å². The lowest BCUT2D eigenvalue weighted by Crippen LogP contribution is -2.26. The molecule has 2 aliphatic heterocycles. The van der Waals surface area contributed by atoms with Crippen LogP contribution >= 0.6 is 15.9 Å². The van der Waals surface area contributed by atoms with E-state index < -0.39 is 0 Å². The van der Waals surface area contributed by atoms with E-state index in [1.807, 2.05) is 0 Å². The fourth-order valence-corrected chi connectivity index (χ4v) is 5.61. The minimum absolute atomic E-state index is 0.00331. The number of anilines is 1. The summed E-state index contributed by atoms with van der Waals surface area (Å²) >= 11 is 3.62. The quantitative estimate of drug-likeness (QED) is 0.306. The Labute approximate surface area is 207 Å². The summed E-state index contributed by atoms with van der Waals surface area (Å²) in [7, 11) is 4.31. The van der Waals surface area contributed by atoms with Crippen molar-refractivity contribution in [2.45, 2.75) is 45.4 Å². The number of nitrogens with zero attached hydrogens (tertiary/aromatic N) is 2. The monoisotopic (exact) mass is 501 g/mol. The summed E-state index contributed by atoms with van der Waals surface area (Å²) in [4.78, 5) is 2.31. The van der Waals surface area contributed by atoms with E-state index in [1.165, 1.54) is 39.5 Å². The molecule has 2 aromatic rings. The van der Waals surface area contributed by atoms with Gasteiger partial charge in [0.15, 0.2) is 5.71 Å². The predicted molar refractivity (Wildman–Crippen MR) is 146 cm³/mol. The lowest BCUT2D eigenvalue weighted by Gasteiger charge is -2.23. The van der Waals surface area contributed by atoms with Crippen molar-refractivity contribution in [3.05, 3.63) is 106 Å². The molecule has 33 heavy (non-hydrogen) atoms. The average Bonchev–Trinajstić information content (AvgIpc) is 3.06. The second-order valence-electron chi connectivity index (χ2n) is 10.1. The van der Waals surface area contributed by atoms with Crippen LogP contribution in [0, 0.1) is 6.92 Å². The molecule has 4 rings (SSSR count). The lowest BCUT2D eigenvalue weighted by atomic mass is 9.81. The van der Waals surface area contributed by atoms with Crippen LogP contribution in [0.25, 0.3) is 0 Å². The lowest BCUT2D eigenvalue weighted by molar-refractivity contribution is -0.401. The van der Waals surface area contributed by atoms with E-state index >= 15 is 0 Å². The first-order valence-corrected chi connectivity index (χ1v) is 12.3. The fraction of sp³-hybridized carbons (Fsp3) is 0.300. The van der Waals surface area contributed by atoms with Crippen LogP contribution in [0.3, 0.4) is 0 Å². The zero-order valence-corrected chi connectivity index (χ0v) is 22.4. The van der Waals surface area contributed by atoms with Gasteiger partial charge in [-0.1, -0.05) is 77.9 Å². The van der Waals surface area contributed by atoms with Gasteiger partial charge in [0.25, 0.3) is 0 Å². The Morgan fingerprint density at radius 1 is 0.848 bits per heavy atom. The van der Waals surface area contributed by atoms with Gasteiger partial charge in [-0.05, 0) is 50.6 Å². The zero-order valence-electron chi connectivity index (χ0n) is 20.8. The Bertz CT molecular complexity index is 1250. The van der Waals surface area contributed by atoms with E-state index in [1.54, 1.807) is 0 Å². The molecule has 3 heteroatoms. The number of rotatable bonds is 4. The number of halogens is 1. The Hall–Kier alpha value is -2.65. The molecule has 0 unspecified atom stereocenters. The molecule has 0 aliphatic carbocycles. The topological polar surface area (TPSA) is 6.25 Å². The molecule has 170 valence electrons. The third-order valence-corrected chi connectivity index (χ3v) is 7.63. The summed E-state index contributed by atoms with van der Waals surface area (Å²) in [6, 6.07) is 13.3. The summed E-state index contributed by atoms with van der Waals surface area (Å²) in [6.07, 6.45) is 15.0. The number of fused-ring (bicyclic) bond motifs is 2. The van der Waals surface area contributed by atoms with Gasteiger partial charge in [-0.15, -0.1) is 0 Å². The van der Waals surface area contributed by atoms with Crippen LogP contribution in [-0.4, -0.2) is 24.4 Å². The average molecular weight is 503 g/mol. The Morgan fingerprint density at radius 2 is 1.55 bits per heavy atom. The predicted octanol–water partition coefficient (Wildman–Crippen LogP) is 7.74. The SMILES string of the molecule is Cc1ccc2c(c1)C(C)(C)\C(=C/C=C/C=C/C=C/C1=[N+](C)c3ccc(Br)cc3C1(C)C)N2C. The van der Waals surface area contributed by atoms with Gasteiger partial charge in [0, 0.05) is 46.0 Å². The molecule has 0 spiro atoms. The molecule has 2 aromatic carbocycles. The van der Waals surface area contributed by atoms with Crippen LogP contribution in [0.2, 0.25) is 0 Å². The number of hydrogen-bond acceptors (Lipinski definition) is 1. The molecule has 0 atom stereocenters. The van der Waals surface area contributed by atoms with Gasteiger partial charge >= 0.3 is 0 Å². The molecule has 0 amide bonds. The highest BCUT2D eigenvalue weighted by atomic mass is 79.9. The molecule has 0 radical (unpaired) electrons. The zero-order chi connectivity index (χ0) is 24.0. The number of allylic oxidation sites excluding steroid dienone is 8. The molecule has 0 bridgehead atoms. The summed E-state index contributed by atoms with van der Waals surface area (Å²) in [5.74, 6) is 0. The van der Waals surface area contributed by atoms with Gasteiger partial charge in [-0.25, -0.2) is 0 Å². The van der Waals surface area contributed by atoms with Crippen molar-refractivity contribution >= 4 is 33.0 Å². The Balaban J connectivity index is 1.47. The summed E-state index contributed by atoms with van der Waals surface area (Å²) in [5, 5.41) is 0. The van der Waals surface area contributed by atoms with Crippen molar-refractivity contribution in [1.82, 2.24) is 0 Å². The van der Waals surface area contributed by atoms with Crippen LogP contribution in [0.5, 0.6) is 0 Å². The van der Waals surface area contributed by atoms with E-state index in [4.69, 9.17) is 0 Å². The van der Waals surface area contributed by atoms with Crippen LogP contribution in [0.1, 0.15) is 44.4 Å². The fourth-order valence-electron chi connectivity index (χ4n) is 5.24. The normalized spacial score (nSPS) is 20.1. The van der Waals surface area contributed by atoms with Crippen LogP contribution < -0.4 is 4.90 Å². The summed E-state index contributed by atoms with van der Waals surface area (Å²) < 4.78 is 3.42. The molecule has 0 N–H and O–H groups in total. The van der Waals surface area contributed by atoms with Crippen molar-refractivity contribution in [2.24, 2.45) is 0 Å². The van der Waals surface area contributed by atoms with E-state index in [-0.39, 0.29) is 10.8 Å². The van der Waals surface area contributed by atoms with Gasteiger partial charge < -0.3 is 4.90 Å². The van der Waals surface area contributed by atoms with Crippen LogP contribution in [0.4, 0.5) is 11.4 Å². The number of aryl methyl sites for hydroxylation is 1. The van der Waals surface area contributed by atoms with E-state index in [0.29, 0.717) is 0 Å². The molecular formula is C30H34BrN2+. The first-order valence-electron chi connectivity index (χ1n) is 11.5. The second kappa shape index (κ2) is 8.61. The van der Waals surface area contributed by atoms with E-state index in [2.05, 4.69) is 153 Å². The molecule has 2 heterocycles. The smallest absolute Gasteiger partial charge is 0.209 e. The maximum atomic E-state index is 3.62. The second-order valence-corrected chi connectivity index (χ2v) is 11.0. The molecule has 0 saturated carbocycles. The Kier molecular flexibility index (Phi) is 6.13. The van der Waals surface area contributed by atoms with Gasteiger partial charge in [0.2, 0.25) is 5.69 Å². The molecule has 0 saturated heterocycles. The molecule has 0 aromatic heterocycles. The van der Waals surface area contributed by atoms with Crippen molar-refractivity contribution in [3.63, 3.8) is 0 Å². The number of benzene rings is 2. The van der Waals surface area contributed by atoms with Crippen molar-refractivity contribution < 1.29 is 4.58 Å². The van der Waals surface area contributed by atoms with Crippen LogP contribution in [-0.2, 0) is 10.8 Å². The van der Waals surface area contributed by atoms with E-state index in [9.17, 15) is 0 Å². The van der Waals surface area contributed by atoms with Crippen LogP contribution in [0.15, 0.2) is 89.1 Å². The Morgan fingerprint density at radius 3 is 2.30 bits per heavy atom. The third-order valence-electron chi connectivity index (χ3n) is 7.14. The third kappa shape index (κ3) is 4.08. The van der Waals surface area contributed by atoms with Crippen molar-refractivity contribution in [1.29, 1.82) is 0 Å². The highest BCUT2D eigenvalue weighted by molar-refractivity contribution is 9.10. The summed E-state index contributed by atoms with van der Waals surface area (Å²) in [5.41, 5.74) is 9.24. The van der Waals surface area contributed by atoms with E-state index in [0.717, 1.165) is 4.47 Å². The van der Waals surface area contributed by atoms with Gasteiger partial charge in [-0.3, -0.25) is 0 Å². The molecule has 2 nitrogen and oxygen atoms in total. The number of likely N-dealkylation sites (N-methyl/N-ethyl adjacent to an activating group) is 1. The minimum atomic E-state index is -0.0234. The van der Waals surface area contributed by atoms with Gasteiger partial charge in [0.05, 0.1) is 5.41 Å². The van der Waals surface area contributed by atoms with Crippen molar-refractivity contribution in [2.75, 3.05) is 19.0 Å². The molecular weight excluding hydrogens is 468 g/mol. The largest absolute Gasteiger partial charge is 0.347 e. The highest BCUT2D eigenvalue weighted by Gasteiger charge is 2.42. The maximum Gasteiger partial charge on any atom is 0.209 e. The first-order chi connectivity index (χ1) is 15.5. The molecule has 0 fully saturated rings. The minimum Gasteiger partial charge on any atom is -0.347 e. The highest BCUT2D eigenvalue weighted by Crippen LogP contribution is 2.47. The summed E-state index contributed by atoms with van der Waals surface area (Å²) in [6.45, 7) is 11.4. The number of hydrogen-bond donors (Lipinski definition) is 0. The standard InChI is InChI=1S/C30H34BrN2/c1-21-15-17-25-23(19-21)29(2,3)27(32(25)6)13-11-9-8-10-12-14-28-30(4,5)24-20-22(31)16-18-26(24)33(28)7/h8-20H,1-7H3/q+1. The first kappa shape index (κ1) is 23.5. The molecule has 2 aliphatic rings. The van der Waals surface area contributed by atoms with Gasteiger partial charge in [-0.2, -0.15) is 4.58 Å². The van der Waals surface area contributed by atoms with Gasteiger partial charge in [0.1, 0.15) is 7.05 Å².